The number of carbonyl (C=O) groups is 3. The Morgan fingerprint density at radius 2 is 1.78 bits per heavy atom. The summed E-state index contributed by atoms with van der Waals surface area (Å²) in [6.45, 7) is 3.36. The van der Waals surface area contributed by atoms with E-state index in [-0.39, 0.29) is 42.6 Å². The third kappa shape index (κ3) is 6.07. The van der Waals surface area contributed by atoms with Crippen molar-refractivity contribution in [2.24, 2.45) is 0 Å². The molecular formula is C41H38FN9O3. The minimum absolute atomic E-state index is 0.0304. The van der Waals surface area contributed by atoms with E-state index in [1.165, 1.54) is 6.07 Å². The third-order valence-electron chi connectivity index (χ3n) is 10.9. The van der Waals surface area contributed by atoms with Gasteiger partial charge in [-0.25, -0.2) is 18.9 Å². The van der Waals surface area contributed by atoms with E-state index in [4.69, 9.17) is 9.97 Å². The summed E-state index contributed by atoms with van der Waals surface area (Å²) < 4.78 is 16.2. The molecule has 0 radical (unpaired) electrons. The van der Waals surface area contributed by atoms with Crippen LogP contribution in [0.25, 0.3) is 17.0 Å². The van der Waals surface area contributed by atoms with Crippen molar-refractivity contribution >= 4 is 29.2 Å². The summed E-state index contributed by atoms with van der Waals surface area (Å²) in [4.78, 5) is 54.8. The number of imidazole rings is 1. The fourth-order valence-electron chi connectivity index (χ4n) is 8.37. The van der Waals surface area contributed by atoms with Crippen molar-refractivity contribution in [3.63, 3.8) is 0 Å². The zero-order chi connectivity index (χ0) is 36.8. The van der Waals surface area contributed by atoms with Crippen LogP contribution in [0.15, 0.2) is 85.1 Å². The highest BCUT2D eigenvalue weighted by Crippen LogP contribution is 2.41. The monoisotopic (exact) mass is 723 g/mol. The van der Waals surface area contributed by atoms with Gasteiger partial charge in [-0.15, -0.1) is 0 Å². The molecule has 3 fully saturated rings. The molecule has 54 heavy (non-hydrogen) atoms. The number of hydrogen-bond acceptors (Lipinski definition) is 9. The Labute approximate surface area is 311 Å². The predicted molar refractivity (Wildman–Crippen MR) is 198 cm³/mol. The number of aromatic nitrogens is 4. The number of fused-ring (bicyclic) bond motifs is 2. The van der Waals surface area contributed by atoms with Gasteiger partial charge in [0, 0.05) is 44.4 Å². The number of hydrogen-bond donors (Lipinski definition) is 2. The lowest BCUT2D eigenvalue weighted by atomic mass is 10.0. The number of carbonyl (C=O) groups excluding carboxylic acids is 3. The van der Waals surface area contributed by atoms with Gasteiger partial charge < -0.3 is 15.1 Å². The second kappa shape index (κ2) is 14.1. The van der Waals surface area contributed by atoms with E-state index < -0.39 is 18.0 Å². The molecule has 4 aliphatic rings. The van der Waals surface area contributed by atoms with Gasteiger partial charge in [0.2, 0.25) is 11.8 Å². The summed E-state index contributed by atoms with van der Waals surface area (Å²) in [5.41, 5.74) is 5.30. The molecular weight excluding hydrogens is 686 g/mol. The maximum Gasteiger partial charge on any atom is 0.256 e. The molecule has 3 saturated heterocycles. The van der Waals surface area contributed by atoms with Crippen LogP contribution in [-0.2, 0) is 9.59 Å². The number of anilines is 1. The molecule has 3 aromatic heterocycles. The zero-order valence-corrected chi connectivity index (χ0v) is 29.5. The SMILES string of the molecule is O=C1CCC(N2C(=O)c3ccccc3C2C#CCN2CCNCC2c2cccc(-c3c(N4CCC[C@@H]4c4cccc(F)c4)nc4cccnn34)n2)C(=O)N1. The molecule has 2 aromatic carbocycles. The molecule has 272 valence electrons. The minimum Gasteiger partial charge on any atom is -0.348 e. The lowest BCUT2D eigenvalue weighted by Crippen LogP contribution is -2.53. The molecule has 7 heterocycles. The lowest BCUT2D eigenvalue weighted by molar-refractivity contribution is -0.137. The maximum absolute atomic E-state index is 14.3. The van der Waals surface area contributed by atoms with E-state index >= 15 is 0 Å². The second-order valence-electron chi connectivity index (χ2n) is 14.1. The molecule has 4 atom stereocenters. The molecule has 2 N–H and O–H groups in total. The van der Waals surface area contributed by atoms with Crippen molar-refractivity contribution in [2.75, 3.05) is 37.6 Å². The Hall–Kier alpha value is -5.97. The summed E-state index contributed by atoms with van der Waals surface area (Å²) in [6, 6.07) is 22.4. The van der Waals surface area contributed by atoms with Crippen molar-refractivity contribution in [1.82, 2.24) is 40.0 Å². The lowest BCUT2D eigenvalue weighted by Gasteiger charge is -2.35. The Bertz CT molecular complexity index is 2350. The zero-order valence-electron chi connectivity index (χ0n) is 29.5. The molecule has 0 aliphatic carbocycles. The Morgan fingerprint density at radius 1 is 0.889 bits per heavy atom. The van der Waals surface area contributed by atoms with E-state index in [9.17, 15) is 18.8 Å². The molecule has 0 saturated carbocycles. The number of piperazine rings is 1. The first-order valence-electron chi connectivity index (χ1n) is 18.5. The van der Waals surface area contributed by atoms with E-state index in [1.54, 1.807) is 35.4 Å². The number of pyridine rings is 1. The van der Waals surface area contributed by atoms with Crippen LogP contribution in [0.1, 0.15) is 71.0 Å². The molecule has 0 bridgehead atoms. The molecule has 12 nitrogen and oxygen atoms in total. The molecule has 13 heteroatoms. The van der Waals surface area contributed by atoms with Crippen molar-refractivity contribution in [3.8, 4) is 23.2 Å². The topological polar surface area (TPSA) is 128 Å². The number of piperidine rings is 1. The van der Waals surface area contributed by atoms with E-state index in [0.29, 0.717) is 24.3 Å². The highest BCUT2D eigenvalue weighted by Gasteiger charge is 2.44. The van der Waals surface area contributed by atoms with E-state index in [2.05, 4.69) is 37.4 Å². The van der Waals surface area contributed by atoms with Gasteiger partial charge in [0.15, 0.2) is 11.5 Å². The summed E-state index contributed by atoms with van der Waals surface area (Å²) in [5.74, 6) is 6.16. The summed E-state index contributed by atoms with van der Waals surface area (Å²) in [5, 5.41) is 10.6. The fraction of sp³-hybridized carbons (Fsp3) is 0.317. The van der Waals surface area contributed by atoms with Crippen LogP contribution in [0, 0.1) is 17.7 Å². The minimum atomic E-state index is -0.774. The van der Waals surface area contributed by atoms with E-state index in [0.717, 1.165) is 66.5 Å². The number of benzene rings is 2. The van der Waals surface area contributed by atoms with Gasteiger partial charge in [-0.1, -0.05) is 48.2 Å². The van der Waals surface area contributed by atoms with Gasteiger partial charge in [0.05, 0.1) is 30.0 Å². The average molecular weight is 724 g/mol. The highest BCUT2D eigenvalue weighted by atomic mass is 19.1. The highest BCUT2D eigenvalue weighted by molar-refractivity contribution is 6.06. The normalized spacial score (nSPS) is 23.0. The number of rotatable bonds is 6. The number of amides is 3. The van der Waals surface area contributed by atoms with Crippen LogP contribution in [-0.4, -0.2) is 85.9 Å². The van der Waals surface area contributed by atoms with Crippen molar-refractivity contribution in [2.45, 2.75) is 49.9 Å². The number of nitrogens with zero attached hydrogens (tertiary/aromatic N) is 7. The predicted octanol–water partition coefficient (Wildman–Crippen LogP) is 4.22. The maximum atomic E-state index is 14.3. The smallest absolute Gasteiger partial charge is 0.256 e. The van der Waals surface area contributed by atoms with Crippen LogP contribution >= 0.6 is 0 Å². The summed E-state index contributed by atoms with van der Waals surface area (Å²) in [6.07, 6.45) is 4.00. The largest absolute Gasteiger partial charge is 0.348 e. The first-order chi connectivity index (χ1) is 26.4. The van der Waals surface area contributed by atoms with Gasteiger partial charge in [-0.3, -0.25) is 24.6 Å². The van der Waals surface area contributed by atoms with Crippen molar-refractivity contribution in [3.05, 3.63) is 113 Å². The number of imide groups is 1. The van der Waals surface area contributed by atoms with Crippen LogP contribution in [0.3, 0.4) is 0 Å². The number of nitrogens with one attached hydrogen (secondary N) is 2. The molecule has 3 unspecified atom stereocenters. The molecule has 3 amide bonds. The van der Waals surface area contributed by atoms with Crippen LogP contribution in [0.5, 0.6) is 0 Å². The summed E-state index contributed by atoms with van der Waals surface area (Å²) >= 11 is 0. The Kier molecular flexibility index (Phi) is 8.84. The van der Waals surface area contributed by atoms with Gasteiger partial charge in [-0.2, -0.15) is 5.10 Å². The van der Waals surface area contributed by atoms with Crippen LogP contribution in [0.2, 0.25) is 0 Å². The van der Waals surface area contributed by atoms with Crippen molar-refractivity contribution < 1.29 is 18.8 Å². The fourth-order valence-corrected chi connectivity index (χ4v) is 8.37. The molecule has 4 aliphatic heterocycles. The van der Waals surface area contributed by atoms with Gasteiger partial charge in [0.25, 0.3) is 5.91 Å². The first-order valence-corrected chi connectivity index (χ1v) is 18.5. The molecule has 0 spiro atoms. The molecule has 9 rings (SSSR count). The van der Waals surface area contributed by atoms with Gasteiger partial charge >= 0.3 is 0 Å². The van der Waals surface area contributed by atoms with E-state index in [1.807, 2.05) is 53.0 Å². The standard InChI is InChI=1S/C41H38FN9O3/c42-27-9-3-8-26(24-27)32-14-7-22-49(32)39-38(51-36(46-39)16-5-19-44-51)31-13-4-12-30(45-31)35-25-43-20-23-48(35)21-6-15-33-28-10-1-2-11-29(28)41(54)50(33)34-17-18-37(52)47-40(34)53/h1-5,8-13,16,19,24,32-35,43H,7,14,17-18,20-23,25H2,(H,47,52,53)/t32-,33?,34?,35?/m1/s1. The average Bonchev–Trinajstić information content (AvgIpc) is 3.90. The second-order valence-corrected chi connectivity index (χ2v) is 14.1. The van der Waals surface area contributed by atoms with Crippen LogP contribution < -0.4 is 15.5 Å². The Morgan fingerprint density at radius 3 is 2.67 bits per heavy atom. The molecule has 5 aromatic rings. The third-order valence-corrected chi connectivity index (χ3v) is 10.9. The Balaban J connectivity index is 1.02. The number of halogens is 1. The van der Waals surface area contributed by atoms with Crippen LogP contribution in [0.4, 0.5) is 10.2 Å². The summed E-state index contributed by atoms with van der Waals surface area (Å²) in [7, 11) is 0. The van der Waals surface area contributed by atoms with Gasteiger partial charge in [0.1, 0.15) is 23.6 Å². The van der Waals surface area contributed by atoms with Gasteiger partial charge in [-0.05, 0) is 72.9 Å². The first kappa shape index (κ1) is 33.8. The van der Waals surface area contributed by atoms with Crippen molar-refractivity contribution in [1.29, 1.82) is 0 Å². The quantitative estimate of drug-likeness (QED) is 0.196.